The average Bonchev–Trinajstić information content (AvgIpc) is 2.61. The van der Waals surface area contributed by atoms with Gasteiger partial charge in [-0.3, -0.25) is 9.35 Å². The van der Waals surface area contributed by atoms with Crippen LogP contribution in [0.2, 0.25) is 0 Å². The van der Waals surface area contributed by atoms with Crippen LogP contribution in [0.3, 0.4) is 0 Å². The van der Waals surface area contributed by atoms with Gasteiger partial charge < -0.3 is 15.5 Å². The molecule has 0 saturated heterocycles. The first-order chi connectivity index (χ1) is 13.1. The van der Waals surface area contributed by atoms with E-state index in [2.05, 4.69) is 15.5 Å². The van der Waals surface area contributed by atoms with Gasteiger partial charge in [-0.25, -0.2) is 0 Å². The van der Waals surface area contributed by atoms with Crippen molar-refractivity contribution in [2.45, 2.75) is 11.8 Å². The third-order valence-electron chi connectivity index (χ3n) is 3.80. The van der Waals surface area contributed by atoms with E-state index in [1.54, 1.807) is 24.3 Å². The van der Waals surface area contributed by atoms with E-state index in [9.17, 15) is 23.4 Å². The molecular weight excluding hydrogens is 386 g/mol. The second-order valence-electron chi connectivity index (χ2n) is 5.88. The fourth-order valence-electron chi connectivity index (χ4n) is 2.52. The molecule has 3 rings (SSSR count). The molecule has 0 spiro atoms. The first kappa shape index (κ1) is 19.3. The number of fused-ring (bicyclic) bond motifs is 1. The molecule has 28 heavy (non-hydrogen) atoms. The minimum atomic E-state index is -4.47. The third kappa shape index (κ3) is 4.08. The highest BCUT2D eigenvalue weighted by Crippen LogP contribution is 2.38. The van der Waals surface area contributed by atoms with Crippen LogP contribution in [0.1, 0.15) is 6.92 Å². The molecule has 0 aliphatic heterocycles. The molecule has 0 unspecified atom stereocenters. The summed E-state index contributed by atoms with van der Waals surface area (Å²) in [7, 11) is -4.47. The lowest BCUT2D eigenvalue weighted by molar-refractivity contribution is -0.114. The van der Waals surface area contributed by atoms with Crippen molar-refractivity contribution in [2.75, 3.05) is 5.32 Å². The zero-order chi connectivity index (χ0) is 20.5. The van der Waals surface area contributed by atoms with Crippen LogP contribution in [0, 0.1) is 0 Å². The number of anilines is 1. The Balaban J connectivity index is 1.99. The van der Waals surface area contributed by atoms with Crippen LogP contribution in [0.4, 0.5) is 17.1 Å². The molecule has 1 amide bonds. The van der Waals surface area contributed by atoms with Crippen LogP contribution in [0.5, 0.6) is 11.5 Å². The highest BCUT2D eigenvalue weighted by molar-refractivity contribution is 7.85. The molecule has 144 valence electrons. The summed E-state index contributed by atoms with van der Waals surface area (Å²) in [5.74, 6) is -0.752. The predicted molar refractivity (Wildman–Crippen MR) is 102 cm³/mol. The van der Waals surface area contributed by atoms with Gasteiger partial charge in [0.2, 0.25) is 5.91 Å². The maximum absolute atomic E-state index is 11.2. The summed E-state index contributed by atoms with van der Waals surface area (Å²) >= 11 is 0. The second kappa shape index (κ2) is 7.25. The van der Waals surface area contributed by atoms with E-state index in [0.717, 1.165) is 18.2 Å². The monoisotopic (exact) mass is 401 g/mol. The number of amides is 1. The van der Waals surface area contributed by atoms with Crippen LogP contribution in [0.15, 0.2) is 63.7 Å². The standard InChI is InChI=1S/C18H15N3O6S/c1-10(22)19-12-3-5-14-11(8-12)2-6-15(18(14)24)20-21-16-9-13(28(25,26)27)4-7-17(16)23/h2-9,23-24H,1H3,(H,19,22)(H,25,26,27). The fourth-order valence-corrected chi connectivity index (χ4v) is 3.02. The normalized spacial score (nSPS) is 11.8. The summed E-state index contributed by atoms with van der Waals surface area (Å²) in [6, 6.07) is 11.1. The quantitative estimate of drug-likeness (QED) is 0.385. The van der Waals surface area contributed by atoms with E-state index < -0.39 is 15.0 Å². The number of hydrogen-bond donors (Lipinski definition) is 4. The van der Waals surface area contributed by atoms with Crippen LogP contribution >= 0.6 is 0 Å². The zero-order valence-electron chi connectivity index (χ0n) is 14.5. The van der Waals surface area contributed by atoms with Crippen molar-refractivity contribution in [2.24, 2.45) is 10.2 Å². The Hall–Kier alpha value is -3.50. The Labute approximate surface area is 159 Å². The van der Waals surface area contributed by atoms with Gasteiger partial charge in [0, 0.05) is 18.0 Å². The van der Waals surface area contributed by atoms with Gasteiger partial charge in [0.15, 0.2) is 5.75 Å². The van der Waals surface area contributed by atoms with Crippen molar-refractivity contribution >= 4 is 43.9 Å². The summed E-state index contributed by atoms with van der Waals surface area (Å²) in [5, 5.41) is 31.6. The lowest BCUT2D eigenvalue weighted by Gasteiger charge is -2.07. The number of hydrogen-bond acceptors (Lipinski definition) is 7. The van der Waals surface area contributed by atoms with Gasteiger partial charge in [0.1, 0.15) is 17.1 Å². The number of phenols is 2. The molecule has 0 fully saturated rings. The highest BCUT2D eigenvalue weighted by atomic mass is 32.2. The number of nitrogens with zero attached hydrogens (tertiary/aromatic N) is 2. The number of carbonyl (C=O) groups excluding carboxylic acids is 1. The number of carbonyl (C=O) groups is 1. The van der Waals surface area contributed by atoms with Gasteiger partial charge in [0.05, 0.1) is 4.90 Å². The first-order valence-corrected chi connectivity index (χ1v) is 9.35. The molecule has 0 atom stereocenters. The summed E-state index contributed by atoms with van der Waals surface area (Å²) < 4.78 is 31.5. The Morgan fingerprint density at radius 1 is 0.964 bits per heavy atom. The second-order valence-corrected chi connectivity index (χ2v) is 7.30. The van der Waals surface area contributed by atoms with Crippen molar-refractivity contribution in [3.8, 4) is 11.5 Å². The van der Waals surface area contributed by atoms with Crippen LogP contribution in [-0.2, 0) is 14.9 Å². The van der Waals surface area contributed by atoms with E-state index >= 15 is 0 Å². The maximum atomic E-state index is 11.2. The number of rotatable bonds is 4. The van der Waals surface area contributed by atoms with Crippen LogP contribution in [-0.4, -0.2) is 29.1 Å². The topological polar surface area (TPSA) is 149 Å². The lowest BCUT2D eigenvalue weighted by Crippen LogP contribution is -2.05. The predicted octanol–water partition coefficient (Wildman–Crippen LogP) is 3.87. The Bertz CT molecular complexity index is 1220. The van der Waals surface area contributed by atoms with Crippen molar-refractivity contribution < 1.29 is 28.0 Å². The Kier molecular flexibility index (Phi) is 4.99. The van der Waals surface area contributed by atoms with E-state index in [1.807, 2.05) is 0 Å². The molecule has 0 radical (unpaired) electrons. The smallest absolute Gasteiger partial charge is 0.294 e. The van der Waals surface area contributed by atoms with Crippen LogP contribution in [0.25, 0.3) is 10.8 Å². The molecule has 0 aromatic heterocycles. The van der Waals surface area contributed by atoms with Crippen molar-refractivity contribution in [1.82, 2.24) is 0 Å². The Morgan fingerprint density at radius 2 is 1.68 bits per heavy atom. The number of nitrogens with one attached hydrogen (secondary N) is 1. The van der Waals surface area contributed by atoms with Gasteiger partial charge in [-0.1, -0.05) is 6.07 Å². The van der Waals surface area contributed by atoms with Crippen molar-refractivity contribution in [1.29, 1.82) is 0 Å². The number of azo groups is 1. The molecule has 0 heterocycles. The number of benzene rings is 3. The molecule has 0 aliphatic carbocycles. The first-order valence-electron chi connectivity index (χ1n) is 7.91. The maximum Gasteiger partial charge on any atom is 0.294 e. The minimum Gasteiger partial charge on any atom is -0.506 e. The minimum absolute atomic E-state index is 0.0800. The van der Waals surface area contributed by atoms with E-state index in [4.69, 9.17) is 4.55 Å². The Morgan fingerprint density at radius 3 is 2.36 bits per heavy atom. The van der Waals surface area contributed by atoms with Crippen LogP contribution < -0.4 is 5.32 Å². The molecular formula is C18H15N3O6S. The van der Waals surface area contributed by atoms with E-state index in [1.165, 1.54) is 13.0 Å². The van der Waals surface area contributed by atoms with Gasteiger partial charge in [0.25, 0.3) is 10.1 Å². The zero-order valence-corrected chi connectivity index (χ0v) is 15.3. The van der Waals surface area contributed by atoms with Gasteiger partial charge >= 0.3 is 0 Å². The number of aromatic hydroxyl groups is 2. The number of phenolic OH excluding ortho intramolecular Hbond substituents is 2. The summed E-state index contributed by atoms with van der Waals surface area (Å²) in [6.45, 7) is 1.39. The summed E-state index contributed by atoms with van der Waals surface area (Å²) in [4.78, 5) is 10.7. The third-order valence-corrected chi connectivity index (χ3v) is 4.65. The van der Waals surface area contributed by atoms with E-state index in [0.29, 0.717) is 16.5 Å². The lowest BCUT2D eigenvalue weighted by atomic mass is 10.1. The van der Waals surface area contributed by atoms with Crippen molar-refractivity contribution in [3.63, 3.8) is 0 Å². The molecule has 0 aliphatic rings. The SMILES string of the molecule is CC(=O)Nc1ccc2c(O)c(N=Nc3cc(S(=O)(=O)O)ccc3O)ccc2c1. The highest BCUT2D eigenvalue weighted by Gasteiger charge is 2.13. The van der Waals surface area contributed by atoms with E-state index in [-0.39, 0.29) is 28.8 Å². The molecule has 4 N–H and O–H groups in total. The van der Waals surface area contributed by atoms with Gasteiger partial charge in [-0.05, 0) is 47.9 Å². The molecule has 3 aromatic rings. The summed E-state index contributed by atoms with van der Waals surface area (Å²) in [5.41, 5.74) is 0.452. The molecule has 0 bridgehead atoms. The largest absolute Gasteiger partial charge is 0.506 e. The van der Waals surface area contributed by atoms with Gasteiger partial charge in [-0.2, -0.15) is 8.42 Å². The average molecular weight is 401 g/mol. The molecule has 0 saturated carbocycles. The molecule has 10 heteroatoms. The molecule has 3 aromatic carbocycles. The summed E-state index contributed by atoms with van der Waals surface area (Å²) in [6.07, 6.45) is 0. The van der Waals surface area contributed by atoms with Gasteiger partial charge in [-0.15, -0.1) is 10.2 Å². The fraction of sp³-hybridized carbons (Fsp3) is 0.0556. The van der Waals surface area contributed by atoms with Crippen molar-refractivity contribution in [3.05, 3.63) is 48.5 Å². The molecule has 9 nitrogen and oxygen atoms in total.